The van der Waals surface area contributed by atoms with Crippen LogP contribution in [0.4, 0.5) is 8.78 Å². The molecule has 3 nitrogen and oxygen atoms in total. The predicted octanol–water partition coefficient (Wildman–Crippen LogP) is 7.13. The molecule has 0 aromatic heterocycles. The summed E-state index contributed by atoms with van der Waals surface area (Å²) in [6.07, 6.45) is 7.73. The third-order valence-corrected chi connectivity index (χ3v) is 7.63. The summed E-state index contributed by atoms with van der Waals surface area (Å²) >= 11 is 0. The molecule has 0 radical (unpaired) electrons. The van der Waals surface area contributed by atoms with Crippen molar-refractivity contribution in [2.45, 2.75) is 71.3 Å². The lowest BCUT2D eigenvalue weighted by Gasteiger charge is -2.36. The Balaban J connectivity index is 1.47. The highest BCUT2D eigenvalue weighted by atomic mass is 31.0. The maximum Gasteiger partial charge on any atom is 0.266 e. The molecule has 190 valence electrons. The molecule has 1 aromatic carbocycles. The molecule has 2 heterocycles. The zero-order chi connectivity index (χ0) is 25.6. The Labute approximate surface area is 212 Å². The van der Waals surface area contributed by atoms with Crippen molar-refractivity contribution < 1.29 is 8.78 Å². The fourth-order valence-electron chi connectivity index (χ4n) is 5.06. The van der Waals surface area contributed by atoms with Gasteiger partial charge in [-0.15, -0.1) is 8.86 Å². The van der Waals surface area contributed by atoms with Gasteiger partial charge in [0.25, 0.3) is 5.92 Å². The number of nitrogens with zero attached hydrogens (tertiary/aromatic N) is 3. The van der Waals surface area contributed by atoms with Gasteiger partial charge in [0.15, 0.2) is 0 Å². The first-order valence-electron chi connectivity index (χ1n) is 12.6. The molecule has 0 bridgehead atoms. The van der Waals surface area contributed by atoms with Crippen LogP contribution in [0, 0.1) is 0 Å². The number of hydrogen-bond acceptors (Lipinski definition) is 2. The molecule has 0 amide bonds. The number of allylic oxidation sites excluding steroid dienone is 4. The average molecular weight is 500 g/mol. The van der Waals surface area contributed by atoms with Crippen LogP contribution < -0.4 is 0 Å². The second-order valence-electron chi connectivity index (χ2n) is 10.1. The molecule has 0 N–H and O–H groups in total. The number of hydrogen-bond donors (Lipinski definition) is 0. The summed E-state index contributed by atoms with van der Waals surface area (Å²) in [7, 11) is 3.86. The Morgan fingerprint density at radius 2 is 1.74 bits per heavy atom. The van der Waals surface area contributed by atoms with Crippen molar-refractivity contribution in [2.75, 3.05) is 26.2 Å². The van der Waals surface area contributed by atoms with Crippen LogP contribution in [0.15, 0.2) is 70.9 Å². The van der Waals surface area contributed by atoms with E-state index in [0.29, 0.717) is 24.1 Å². The van der Waals surface area contributed by atoms with Crippen molar-refractivity contribution in [3.8, 4) is 0 Å². The number of alkyl halides is 2. The Morgan fingerprint density at radius 3 is 2.37 bits per heavy atom. The first-order chi connectivity index (χ1) is 16.5. The third kappa shape index (κ3) is 8.31. The van der Waals surface area contributed by atoms with E-state index < -0.39 is 5.92 Å². The van der Waals surface area contributed by atoms with Crippen LogP contribution in [0.1, 0.15) is 64.9 Å². The highest BCUT2D eigenvalue weighted by Crippen LogP contribution is 2.30. The maximum atomic E-state index is 13.4. The smallest absolute Gasteiger partial charge is 0.266 e. The largest absolute Gasteiger partial charge is 0.299 e. The van der Waals surface area contributed by atoms with E-state index in [1.807, 2.05) is 13.0 Å². The third-order valence-electron chi connectivity index (χ3n) is 7.14. The van der Waals surface area contributed by atoms with Crippen LogP contribution >= 0.6 is 8.86 Å². The average Bonchev–Trinajstić information content (AvgIpc) is 3.29. The normalized spacial score (nSPS) is 22.0. The van der Waals surface area contributed by atoms with Gasteiger partial charge in [-0.3, -0.25) is 14.8 Å². The molecule has 3 rings (SSSR count). The summed E-state index contributed by atoms with van der Waals surface area (Å²) in [4.78, 5) is 9.53. The molecule has 35 heavy (non-hydrogen) atoms. The molecule has 2 saturated heterocycles. The number of benzene rings is 1. The number of halogens is 2. The number of likely N-dealkylation sites (tertiary alicyclic amines) is 2. The number of piperidine rings is 1. The molecule has 1 aromatic rings. The zero-order valence-corrected chi connectivity index (χ0v) is 22.7. The first-order valence-corrected chi connectivity index (χ1v) is 13.1. The zero-order valence-electron chi connectivity index (χ0n) is 21.7. The van der Waals surface area contributed by atoms with Gasteiger partial charge in [0.05, 0.1) is 0 Å². The highest BCUT2D eigenvalue weighted by Gasteiger charge is 2.31. The topological polar surface area (TPSA) is 18.8 Å². The van der Waals surface area contributed by atoms with Crippen molar-refractivity contribution in [1.29, 1.82) is 0 Å². The lowest BCUT2D eigenvalue weighted by Crippen LogP contribution is -2.42. The van der Waals surface area contributed by atoms with Crippen LogP contribution in [-0.4, -0.2) is 59.1 Å². The maximum absolute atomic E-state index is 13.4. The summed E-state index contributed by atoms with van der Waals surface area (Å²) < 4.78 is 26.8. The van der Waals surface area contributed by atoms with Gasteiger partial charge >= 0.3 is 0 Å². The Bertz CT molecular complexity index is 983. The van der Waals surface area contributed by atoms with Gasteiger partial charge in [-0.2, -0.15) is 0 Å². The van der Waals surface area contributed by atoms with E-state index in [4.69, 9.17) is 0 Å². The second-order valence-corrected chi connectivity index (χ2v) is 10.7. The molecule has 2 aliphatic heterocycles. The standard InChI is InChI=1S/C29H40F2N3P/c1-21(17-23(3)32-24(4)19-22(2)29(5,30)31)18-28(35)34-16-13-27(20-34)33-14-11-26(12-15-33)25-9-7-6-8-10-25/h6-10,17,19,26-27,35H,1,11-16,18,20H2,2-5H3/b22-19+,23-17+,32-24-. The van der Waals surface area contributed by atoms with Crippen LogP contribution in [0.25, 0.3) is 0 Å². The summed E-state index contributed by atoms with van der Waals surface area (Å²) in [6, 6.07) is 11.5. The van der Waals surface area contributed by atoms with Crippen LogP contribution in [-0.2, 0) is 0 Å². The van der Waals surface area contributed by atoms with Crippen molar-refractivity contribution in [2.24, 2.45) is 4.99 Å². The minimum Gasteiger partial charge on any atom is -0.299 e. The quantitative estimate of drug-likeness (QED) is 0.205. The van der Waals surface area contributed by atoms with E-state index in [0.717, 1.165) is 36.7 Å². The SMILES string of the molecule is C=C(/C=C(C)/N=C(C)\C=C(/C)C(C)(F)F)CC(=P)N1CCC(N2CCC(c3ccccc3)CC2)C1. The van der Waals surface area contributed by atoms with Crippen molar-refractivity contribution in [1.82, 2.24) is 9.80 Å². The fourth-order valence-corrected chi connectivity index (χ4v) is 5.49. The van der Waals surface area contributed by atoms with E-state index in [1.54, 1.807) is 6.92 Å². The highest BCUT2D eigenvalue weighted by molar-refractivity contribution is 7.20. The summed E-state index contributed by atoms with van der Waals surface area (Å²) in [5.74, 6) is -2.14. The van der Waals surface area contributed by atoms with E-state index >= 15 is 0 Å². The Morgan fingerprint density at radius 1 is 1.09 bits per heavy atom. The lowest BCUT2D eigenvalue weighted by molar-refractivity contribution is 0.0637. The molecule has 0 aliphatic carbocycles. The van der Waals surface area contributed by atoms with E-state index in [1.165, 1.54) is 50.9 Å². The first kappa shape index (κ1) is 27.6. The molecule has 6 heteroatoms. The van der Waals surface area contributed by atoms with Crippen LogP contribution in [0.2, 0.25) is 0 Å². The molecular weight excluding hydrogens is 459 g/mol. The summed E-state index contributed by atoms with van der Waals surface area (Å²) in [6.45, 7) is 14.6. The predicted molar refractivity (Wildman–Crippen MR) is 148 cm³/mol. The molecule has 0 spiro atoms. The van der Waals surface area contributed by atoms with Crippen LogP contribution in [0.3, 0.4) is 0 Å². The van der Waals surface area contributed by atoms with Gasteiger partial charge in [-0.1, -0.05) is 36.9 Å². The molecule has 1 unspecified atom stereocenters. The monoisotopic (exact) mass is 499 g/mol. The van der Waals surface area contributed by atoms with Crippen LogP contribution in [0.5, 0.6) is 0 Å². The molecular formula is C29H40F2N3P. The fraction of sp³-hybridized carbons (Fsp3) is 0.517. The molecule has 2 fully saturated rings. The molecule has 2 aliphatic rings. The Kier molecular flexibility index (Phi) is 9.75. The summed E-state index contributed by atoms with van der Waals surface area (Å²) in [5, 5.41) is 0. The molecule has 0 saturated carbocycles. The summed E-state index contributed by atoms with van der Waals surface area (Å²) in [5.41, 5.74) is 4.89. The van der Waals surface area contributed by atoms with Gasteiger partial charge in [0.1, 0.15) is 0 Å². The minimum absolute atomic E-state index is 0.00836. The van der Waals surface area contributed by atoms with E-state index in [9.17, 15) is 8.78 Å². The van der Waals surface area contributed by atoms with Gasteiger partial charge in [-0.05, 0) is 87.9 Å². The van der Waals surface area contributed by atoms with Crippen molar-refractivity contribution in [3.05, 3.63) is 71.5 Å². The molecule has 1 atom stereocenters. The van der Waals surface area contributed by atoms with Gasteiger partial charge in [0.2, 0.25) is 0 Å². The number of aliphatic imine (C=N–C) groups is 1. The van der Waals surface area contributed by atoms with Gasteiger partial charge in [-0.25, -0.2) is 8.78 Å². The van der Waals surface area contributed by atoms with Gasteiger partial charge in [0, 0.05) is 49.3 Å². The second kappa shape index (κ2) is 12.3. The van der Waals surface area contributed by atoms with Crippen molar-refractivity contribution >= 4 is 20.0 Å². The van der Waals surface area contributed by atoms with E-state index in [-0.39, 0.29) is 5.57 Å². The van der Waals surface area contributed by atoms with Crippen molar-refractivity contribution in [3.63, 3.8) is 0 Å². The number of rotatable bonds is 9. The lowest BCUT2D eigenvalue weighted by atomic mass is 9.89. The van der Waals surface area contributed by atoms with E-state index in [2.05, 4.69) is 60.6 Å². The Hall–Kier alpha value is -1.94. The van der Waals surface area contributed by atoms with Gasteiger partial charge < -0.3 is 0 Å². The minimum atomic E-state index is -2.83.